The summed E-state index contributed by atoms with van der Waals surface area (Å²) in [5.41, 5.74) is 5.86. The van der Waals surface area contributed by atoms with Gasteiger partial charge in [0.2, 0.25) is 0 Å². The number of halogens is 2. The maximum Gasteiger partial charge on any atom is 0.387 e. The predicted molar refractivity (Wildman–Crippen MR) is 68.2 cm³/mol. The molecule has 0 aliphatic carbocycles. The van der Waals surface area contributed by atoms with Gasteiger partial charge in [-0.3, -0.25) is 4.79 Å². The number of ether oxygens (including phenoxy) is 1. The van der Waals surface area contributed by atoms with Gasteiger partial charge in [-0.1, -0.05) is 26.0 Å². The van der Waals surface area contributed by atoms with Crippen molar-refractivity contribution in [2.75, 3.05) is 6.54 Å². The van der Waals surface area contributed by atoms with E-state index in [1.54, 1.807) is 6.07 Å². The molecule has 0 heterocycles. The molecule has 0 bridgehead atoms. The molecule has 1 amide bonds. The molecule has 0 saturated carbocycles. The van der Waals surface area contributed by atoms with E-state index in [9.17, 15) is 13.6 Å². The second-order valence-electron chi connectivity index (χ2n) is 4.49. The number of carbonyl (C=O) groups excluding carboxylic acids is 1. The van der Waals surface area contributed by atoms with Crippen molar-refractivity contribution in [3.63, 3.8) is 0 Å². The number of hydrogen-bond acceptors (Lipinski definition) is 3. The first kappa shape index (κ1) is 15.4. The topological polar surface area (TPSA) is 64.3 Å². The Balaban J connectivity index is 2.71. The molecule has 4 nitrogen and oxygen atoms in total. The van der Waals surface area contributed by atoms with Crippen LogP contribution in [0.4, 0.5) is 8.78 Å². The minimum Gasteiger partial charge on any atom is -0.434 e. The Morgan fingerprint density at radius 2 is 2.00 bits per heavy atom. The second kappa shape index (κ2) is 7.04. The number of nitrogens with one attached hydrogen (secondary N) is 1. The normalized spacial score (nSPS) is 12.6. The van der Waals surface area contributed by atoms with Crippen LogP contribution in [0.5, 0.6) is 5.75 Å². The van der Waals surface area contributed by atoms with Gasteiger partial charge < -0.3 is 15.8 Å². The summed E-state index contributed by atoms with van der Waals surface area (Å²) in [6.45, 7) is 1.18. The predicted octanol–water partition coefficient (Wildman–Crippen LogP) is 2.00. The van der Waals surface area contributed by atoms with Crippen molar-refractivity contribution in [1.29, 1.82) is 0 Å². The molecular formula is C13H18F2N2O2. The fraction of sp³-hybridized carbons (Fsp3) is 0.462. The van der Waals surface area contributed by atoms with E-state index in [0.29, 0.717) is 0 Å². The van der Waals surface area contributed by atoms with E-state index in [2.05, 4.69) is 10.1 Å². The van der Waals surface area contributed by atoms with E-state index in [1.807, 2.05) is 13.8 Å². The number of benzene rings is 1. The quantitative estimate of drug-likeness (QED) is 0.832. The average molecular weight is 272 g/mol. The van der Waals surface area contributed by atoms with Gasteiger partial charge in [-0.05, 0) is 18.1 Å². The summed E-state index contributed by atoms with van der Waals surface area (Å²) in [5, 5.41) is 2.60. The Morgan fingerprint density at radius 3 is 2.58 bits per heavy atom. The zero-order valence-corrected chi connectivity index (χ0v) is 10.9. The first-order valence-electron chi connectivity index (χ1n) is 5.99. The molecule has 0 aromatic heterocycles. The monoisotopic (exact) mass is 272 g/mol. The third kappa shape index (κ3) is 4.82. The Kier molecular flexibility index (Phi) is 5.69. The highest BCUT2D eigenvalue weighted by molar-refractivity contribution is 5.96. The summed E-state index contributed by atoms with van der Waals surface area (Å²) in [7, 11) is 0. The number of carbonyl (C=O) groups is 1. The van der Waals surface area contributed by atoms with Crippen molar-refractivity contribution in [1.82, 2.24) is 5.32 Å². The summed E-state index contributed by atoms with van der Waals surface area (Å²) < 4.78 is 28.7. The molecule has 1 aromatic carbocycles. The van der Waals surface area contributed by atoms with Crippen LogP contribution in [0.15, 0.2) is 24.3 Å². The zero-order valence-electron chi connectivity index (χ0n) is 10.9. The number of para-hydroxylation sites is 1. The number of alkyl halides is 2. The molecule has 0 saturated heterocycles. The summed E-state index contributed by atoms with van der Waals surface area (Å²) in [6.07, 6.45) is 0. The fourth-order valence-corrected chi connectivity index (χ4v) is 1.39. The molecule has 1 aromatic rings. The van der Waals surface area contributed by atoms with Crippen molar-refractivity contribution in [2.45, 2.75) is 26.5 Å². The van der Waals surface area contributed by atoms with Crippen LogP contribution in [0.25, 0.3) is 0 Å². The smallest absolute Gasteiger partial charge is 0.387 e. The van der Waals surface area contributed by atoms with E-state index in [-0.39, 0.29) is 29.8 Å². The summed E-state index contributed by atoms with van der Waals surface area (Å²) in [6, 6.07) is 5.66. The van der Waals surface area contributed by atoms with Crippen molar-refractivity contribution in [2.24, 2.45) is 11.7 Å². The van der Waals surface area contributed by atoms with Gasteiger partial charge in [0.25, 0.3) is 5.91 Å². The van der Waals surface area contributed by atoms with Crippen LogP contribution in [0, 0.1) is 5.92 Å². The number of nitrogens with two attached hydrogens (primary N) is 1. The molecule has 19 heavy (non-hydrogen) atoms. The zero-order chi connectivity index (χ0) is 14.4. The van der Waals surface area contributed by atoms with Crippen LogP contribution < -0.4 is 15.8 Å². The van der Waals surface area contributed by atoms with E-state index in [4.69, 9.17) is 5.73 Å². The van der Waals surface area contributed by atoms with E-state index in [0.717, 1.165) is 0 Å². The minimum atomic E-state index is -2.97. The van der Waals surface area contributed by atoms with Crippen molar-refractivity contribution in [3.8, 4) is 5.75 Å². The second-order valence-corrected chi connectivity index (χ2v) is 4.49. The van der Waals surface area contributed by atoms with Gasteiger partial charge in [-0.25, -0.2) is 0 Å². The minimum absolute atomic E-state index is 0.0683. The third-order valence-electron chi connectivity index (χ3n) is 2.70. The molecule has 0 spiro atoms. The largest absolute Gasteiger partial charge is 0.434 e. The summed E-state index contributed by atoms with van der Waals surface area (Å²) >= 11 is 0. The highest BCUT2D eigenvalue weighted by Gasteiger charge is 2.16. The van der Waals surface area contributed by atoms with E-state index in [1.165, 1.54) is 18.2 Å². The SMILES string of the molecule is CC(C)C(N)CNC(=O)c1ccccc1OC(F)F. The van der Waals surface area contributed by atoms with E-state index < -0.39 is 12.5 Å². The molecule has 0 aliphatic heterocycles. The highest BCUT2D eigenvalue weighted by atomic mass is 19.3. The summed E-state index contributed by atoms with van der Waals surface area (Å²) in [5.74, 6) is -0.409. The molecule has 0 aliphatic rings. The van der Waals surface area contributed by atoms with Crippen molar-refractivity contribution in [3.05, 3.63) is 29.8 Å². The molecule has 0 radical (unpaired) electrons. The van der Waals surface area contributed by atoms with Crippen LogP contribution in [0.1, 0.15) is 24.2 Å². The van der Waals surface area contributed by atoms with Gasteiger partial charge >= 0.3 is 6.61 Å². The molecule has 1 atom stereocenters. The lowest BCUT2D eigenvalue weighted by Crippen LogP contribution is -2.40. The number of rotatable bonds is 6. The lowest BCUT2D eigenvalue weighted by molar-refractivity contribution is -0.0501. The Hall–Kier alpha value is -1.69. The van der Waals surface area contributed by atoms with Gasteiger partial charge in [0.15, 0.2) is 0 Å². The number of hydrogen-bond donors (Lipinski definition) is 2. The van der Waals surface area contributed by atoms with Crippen LogP contribution in [-0.2, 0) is 0 Å². The van der Waals surface area contributed by atoms with Gasteiger partial charge in [0, 0.05) is 12.6 Å². The van der Waals surface area contributed by atoms with Gasteiger partial charge in [0.1, 0.15) is 5.75 Å². The van der Waals surface area contributed by atoms with Crippen LogP contribution in [0.2, 0.25) is 0 Å². The first-order chi connectivity index (χ1) is 8.91. The van der Waals surface area contributed by atoms with Gasteiger partial charge in [-0.2, -0.15) is 8.78 Å². The number of amides is 1. The Labute approximate surface area is 110 Å². The lowest BCUT2D eigenvalue weighted by atomic mass is 10.1. The Bertz CT molecular complexity index is 425. The molecule has 6 heteroatoms. The first-order valence-corrected chi connectivity index (χ1v) is 5.99. The van der Waals surface area contributed by atoms with Crippen molar-refractivity contribution < 1.29 is 18.3 Å². The Morgan fingerprint density at radius 1 is 1.37 bits per heavy atom. The molecule has 106 valence electrons. The van der Waals surface area contributed by atoms with Crippen LogP contribution in [0.3, 0.4) is 0 Å². The van der Waals surface area contributed by atoms with Crippen LogP contribution in [-0.4, -0.2) is 25.1 Å². The maximum atomic E-state index is 12.2. The standard InChI is InChI=1S/C13H18F2N2O2/c1-8(2)10(16)7-17-12(18)9-5-3-4-6-11(9)19-13(14)15/h3-6,8,10,13H,7,16H2,1-2H3,(H,17,18). The fourth-order valence-electron chi connectivity index (χ4n) is 1.39. The lowest BCUT2D eigenvalue weighted by Gasteiger charge is -2.17. The summed E-state index contributed by atoms with van der Waals surface area (Å²) in [4.78, 5) is 11.9. The third-order valence-corrected chi connectivity index (χ3v) is 2.70. The van der Waals surface area contributed by atoms with Gasteiger partial charge in [-0.15, -0.1) is 0 Å². The molecular weight excluding hydrogens is 254 g/mol. The molecule has 3 N–H and O–H groups in total. The molecule has 1 unspecified atom stereocenters. The average Bonchev–Trinajstić information content (AvgIpc) is 2.35. The van der Waals surface area contributed by atoms with Crippen molar-refractivity contribution >= 4 is 5.91 Å². The van der Waals surface area contributed by atoms with E-state index >= 15 is 0 Å². The highest BCUT2D eigenvalue weighted by Crippen LogP contribution is 2.20. The van der Waals surface area contributed by atoms with Crippen LogP contribution >= 0.6 is 0 Å². The molecule has 0 fully saturated rings. The van der Waals surface area contributed by atoms with Gasteiger partial charge in [0.05, 0.1) is 5.56 Å². The molecule has 1 rings (SSSR count). The maximum absolute atomic E-state index is 12.2.